The van der Waals surface area contributed by atoms with Crippen molar-refractivity contribution in [3.63, 3.8) is 0 Å². The minimum atomic E-state index is -4.95. The van der Waals surface area contributed by atoms with Gasteiger partial charge < -0.3 is 33.8 Å². The van der Waals surface area contributed by atoms with Crippen LogP contribution in [0.2, 0.25) is 0 Å². The number of hydrogen-bond acceptors (Lipinski definition) is 15. The standard InChI is InChI=1S/C68H132O17P2/c1-8-10-11-12-13-28-35-42-49-65(70)78-55-63(85-68(73)52-45-38-31-24-23-26-33-40-47-60(5)6)57-82-86(74,75)80-53-62(69)54-81-87(76,77)83-58-64(84-67(72)51-44-37-30-22-16-14-15-19-25-32-39-46-59(3)4)56-79-66(71)50-43-36-29-21-18-17-20-27-34-41-48-61(7)9-2/h59-64,69H,8-58H2,1-7H3,(H,74,75)(H,76,77)/t61?,62-,63+,64+/m0/s1. The second kappa shape index (κ2) is 59.1. The number of aliphatic hydroxyl groups excluding tert-OH is 1. The fraction of sp³-hybridized carbons (Fsp3) is 0.941. The van der Waals surface area contributed by atoms with Crippen molar-refractivity contribution in [3.05, 3.63) is 0 Å². The van der Waals surface area contributed by atoms with Gasteiger partial charge in [-0.15, -0.1) is 0 Å². The third kappa shape index (κ3) is 61.3. The van der Waals surface area contributed by atoms with Gasteiger partial charge >= 0.3 is 39.5 Å². The van der Waals surface area contributed by atoms with Crippen molar-refractivity contribution >= 4 is 39.5 Å². The molecule has 0 spiro atoms. The van der Waals surface area contributed by atoms with Crippen LogP contribution in [0.25, 0.3) is 0 Å². The largest absolute Gasteiger partial charge is 0.472 e. The fourth-order valence-corrected chi connectivity index (χ4v) is 11.7. The number of carbonyl (C=O) groups excluding carboxylic acids is 4. The number of esters is 4. The van der Waals surface area contributed by atoms with Gasteiger partial charge in [0, 0.05) is 25.7 Å². The molecule has 0 saturated carbocycles. The molecule has 0 rings (SSSR count). The Morgan fingerprint density at radius 2 is 0.586 bits per heavy atom. The normalized spacial score (nSPS) is 14.6. The maximum atomic E-state index is 13.0. The maximum absolute atomic E-state index is 13.0. The summed E-state index contributed by atoms with van der Waals surface area (Å²) in [5.41, 5.74) is 0. The van der Waals surface area contributed by atoms with E-state index in [9.17, 15) is 43.2 Å². The van der Waals surface area contributed by atoms with Gasteiger partial charge in [0.1, 0.15) is 19.3 Å². The van der Waals surface area contributed by atoms with E-state index in [1.54, 1.807) is 0 Å². The lowest BCUT2D eigenvalue weighted by atomic mass is 9.99. The average molecular weight is 1280 g/mol. The summed E-state index contributed by atoms with van der Waals surface area (Å²) in [6, 6.07) is 0. The van der Waals surface area contributed by atoms with Gasteiger partial charge in [-0.1, -0.05) is 286 Å². The molecule has 87 heavy (non-hydrogen) atoms. The number of phosphoric ester groups is 2. The van der Waals surface area contributed by atoms with Crippen LogP contribution in [0, 0.1) is 17.8 Å². The summed E-state index contributed by atoms with van der Waals surface area (Å²) in [4.78, 5) is 72.4. The van der Waals surface area contributed by atoms with Gasteiger partial charge in [0.2, 0.25) is 0 Å². The predicted molar refractivity (Wildman–Crippen MR) is 349 cm³/mol. The van der Waals surface area contributed by atoms with Crippen LogP contribution in [0.1, 0.15) is 337 Å². The Labute approximate surface area is 530 Å². The minimum absolute atomic E-state index is 0.104. The average Bonchev–Trinajstić information content (AvgIpc) is 3.67. The first-order valence-corrected chi connectivity index (χ1v) is 38.4. The smallest absolute Gasteiger partial charge is 0.462 e. The molecule has 0 bridgehead atoms. The zero-order chi connectivity index (χ0) is 64.5. The van der Waals surface area contributed by atoms with E-state index in [0.29, 0.717) is 25.7 Å². The SMILES string of the molecule is CCCCCCCCCCC(=O)OC[C@H](COP(=O)(O)OC[C@H](O)COP(=O)(O)OC[C@@H](COC(=O)CCCCCCCCCCCCC(C)CC)OC(=O)CCCCCCCCCCCCCC(C)C)OC(=O)CCCCCCCCCCC(C)C. The number of ether oxygens (including phenoxy) is 4. The number of unbranched alkanes of at least 4 members (excludes halogenated alkanes) is 33. The lowest BCUT2D eigenvalue weighted by Gasteiger charge is -2.21. The summed E-state index contributed by atoms with van der Waals surface area (Å²) in [5.74, 6) is 0.161. The van der Waals surface area contributed by atoms with Crippen molar-refractivity contribution in [2.75, 3.05) is 39.6 Å². The zero-order valence-corrected chi connectivity index (χ0v) is 58.3. The van der Waals surface area contributed by atoms with Gasteiger partial charge in [-0.2, -0.15) is 0 Å². The lowest BCUT2D eigenvalue weighted by molar-refractivity contribution is -0.161. The number of aliphatic hydroxyl groups is 1. The maximum Gasteiger partial charge on any atom is 0.472 e. The first kappa shape index (κ1) is 85.1. The molecule has 0 radical (unpaired) electrons. The number of carbonyl (C=O) groups is 4. The molecule has 0 amide bonds. The summed E-state index contributed by atoms with van der Waals surface area (Å²) in [6.45, 7) is 11.8. The Kier molecular flexibility index (Phi) is 57.8. The quantitative estimate of drug-likeness (QED) is 0.0222. The molecule has 0 aliphatic carbocycles. The molecule has 19 heteroatoms. The predicted octanol–water partition coefficient (Wildman–Crippen LogP) is 19.1. The van der Waals surface area contributed by atoms with E-state index < -0.39 is 97.5 Å². The highest BCUT2D eigenvalue weighted by Gasteiger charge is 2.30. The molecule has 0 aliphatic rings. The van der Waals surface area contributed by atoms with Crippen LogP contribution in [-0.4, -0.2) is 96.7 Å². The van der Waals surface area contributed by atoms with Crippen LogP contribution in [0.15, 0.2) is 0 Å². The van der Waals surface area contributed by atoms with Crippen molar-refractivity contribution in [2.45, 2.75) is 356 Å². The highest BCUT2D eigenvalue weighted by atomic mass is 31.2. The van der Waals surface area contributed by atoms with Gasteiger partial charge in [0.25, 0.3) is 0 Å². The molecule has 0 aromatic rings. The number of phosphoric acid groups is 2. The monoisotopic (exact) mass is 1280 g/mol. The van der Waals surface area contributed by atoms with Crippen molar-refractivity contribution in [1.29, 1.82) is 0 Å². The zero-order valence-electron chi connectivity index (χ0n) is 56.5. The number of hydrogen-bond donors (Lipinski definition) is 3. The van der Waals surface area contributed by atoms with Crippen LogP contribution >= 0.6 is 15.6 Å². The Bertz CT molecular complexity index is 1720. The van der Waals surface area contributed by atoms with Crippen LogP contribution in [0.5, 0.6) is 0 Å². The summed E-state index contributed by atoms with van der Waals surface area (Å²) < 4.78 is 68.1. The van der Waals surface area contributed by atoms with Gasteiger partial charge in [-0.3, -0.25) is 37.3 Å². The molecule has 516 valence electrons. The summed E-state index contributed by atoms with van der Waals surface area (Å²) in [7, 11) is -9.89. The molecule has 6 atom stereocenters. The van der Waals surface area contributed by atoms with Crippen LogP contribution < -0.4 is 0 Å². The Morgan fingerprint density at radius 3 is 0.874 bits per heavy atom. The molecular formula is C68H132O17P2. The van der Waals surface area contributed by atoms with E-state index >= 15 is 0 Å². The molecule has 0 aromatic carbocycles. The molecule has 17 nitrogen and oxygen atoms in total. The fourth-order valence-electron chi connectivity index (χ4n) is 10.2. The molecular weight excluding hydrogens is 1150 g/mol. The number of rotatable bonds is 66. The van der Waals surface area contributed by atoms with Crippen molar-refractivity contribution in [3.8, 4) is 0 Å². The van der Waals surface area contributed by atoms with E-state index in [4.69, 9.17) is 37.0 Å². The third-order valence-corrected chi connectivity index (χ3v) is 17.9. The third-order valence-electron chi connectivity index (χ3n) is 16.0. The first-order valence-electron chi connectivity index (χ1n) is 35.4. The second-order valence-corrected chi connectivity index (χ2v) is 28.7. The highest BCUT2D eigenvalue weighted by molar-refractivity contribution is 7.47. The van der Waals surface area contributed by atoms with Crippen LogP contribution in [0.3, 0.4) is 0 Å². The van der Waals surface area contributed by atoms with E-state index in [1.807, 2.05) is 0 Å². The van der Waals surface area contributed by atoms with E-state index in [-0.39, 0.29) is 25.7 Å². The minimum Gasteiger partial charge on any atom is -0.462 e. The molecule has 3 unspecified atom stereocenters. The summed E-state index contributed by atoms with van der Waals surface area (Å²) in [6.07, 6.45) is 41.6. The van der Waals surface area contributed by atoms with E-state index in [1.165, 1.54) is 141 Å². The highest BCUT2D eigenvalue weighted by Crippen LogP contribution is 2.45. The Balaban J connectivity index is 5.24. The van der Waals surface area contributed by atoms with Crippen LogP contribution in [0.4, 0.5) is 0 Å². The Morgan fingerprint density at radius 1 is 0.333 bits per heavy atom. The topological polar surface area (TPSA) is 237 Å². The van der Waals surface area contributed by atoms with Crippen molar-refractivity contribution < 1.29 is 80.2 Å². The van der Waals surface area contributed by atoms with Gasteiger partial charge in [-0.25, -0.2) is 9.13 Å². The van der Waals surface area contributed by atoms with Gasteiger partial charge in [0.05, 0.1) is 26.4 Å². The molecule has 0 fully saturated rings. The molecule has 0 aromatic heterocycles. The van der Waals surface area contributed by atoms with Gasteiger partial charge in [-0.05, 0) is 43.4 Å². The van der Waals surface area contributed by atoms with Crippen LogP contribution in [-0.2, 0) is 65.4 Å². The summed E-state index contributed by atoms with van der Waals surface area (Å²) >= 11 is 0. The second-order valence-electron chi connectivity index (χ2n) is 25.8. The van der Waals surface area contributed by atoms with E-state index in [2.05, 4.69) is 48.5 Å². The van der Waals surface area contributed by atoms with E-state index in [0.717, 1.165) is 114 Å². The molecule has 0 saturated heterocycles. The van der Waals surface area contributed by atoms with Crippen molar-refractivity contribution in [1.82, 2.24) is 0 Å². The summed E-state index contributed by atoms with van der Waals surface area (Å²) in [5, 5.41) is 10.6. The van der Waals surface area contributed by atoms with Gasteiger partial charge in [0.15, 0.2) is 12.2 Å². The molecule has 3 N–H and O–H groups in total. The van der Waals surface area contributed by atoms with Crippen molar-refractivity contribution in [2.24, 2.45) is 17.8 Å². The first-order chi connectivity index (χ1) is 41.8. The molecule has 0 heterocycles. The Hall–Kier alpha value is -1.94. The lowest BCUT2D eigenvalue weighted by Crippen LogP contribution is -2.30. The molecule has 0 aliphatic heterocycles.